The van der Waals surface area contributed by atoms with Gasteiger partial charge in [-0.25, -0.2) is 4.79 Å². The van der Waals surface area contributed by atoms with Crippen LogP contribution in [0, 0.1) is 25.2 Å². The number of para-hydroxylation sites is 2. The molecule has 0 saturated carbocycles. The van der Waals surface area contributed by atoms with Gasteiger partial charge in [-0.05, 0) is 51.8 Å². The number of hydrogen-bond acceptors (Lipinski definition) is 7. The van der Waals surface area contributed by atoms with Crippen LogP contribution < -0.4 is 10.6 Å². The lowest BCUT2D eigenvalue weighted by molar-refractivity contribution is -0.139. The molecular formula is C26H31ClN4O5S. The van der Waals surface area contributed by atoms with E-state index in [4.69, 9.17) is 16.3 Å². The number of carbonyl (C=O) groups excluding carboxylic acids is 3. The third-order valence-electron chi connectivity index (χ3n) is 5.29. The van der Waals surface area contributed by atoms with Crippen molar-refractivity contribution in [2.75, 3.05) is 17.6 Å². The molecule has 0 aromatic heterocycles. The Morgan fingerprint density at radius 3 is 2.35 bits per heavy atom. The number of aromatic hydroxyl groups is 1. The summed E-state index contributed by atoms with van der Waals surface area (Å²) in [6, 6.07) is 9.05. The molecule has 0 heterocycles. The highest BCUT2D eigenvalue weighted by molar-refractivity contribution is 7.80. The van der Waals surface area contributed by atoms with E-state index < -0.39 is 42.1 Å². The van der Waals surface area contributed by atoms with E-state index in [-0.39, 0.29) is 22.1 Å². The molecule has 0 bridgehead atoms. The summed E-state index contributed by atoms with van der Waals surface area (Å²) in [4.78, 5) is 40.7. The number of nitrogens with one attached hydrogen (secondary N) is 2. The lowest BCUT2D eigenvalue weighted by Gasteiger charge is -2.33. The molecule has 0 fully saturated rings. The van der Waals surface area contributed by atoms with Crippen LogP contribution in [0.15, 0.2) is 36.4 Å². The van der Waals surface area contributed by atoms with E-state index in [2.05, 4.69) is 23.3 Å². The number of nitriles is 1. The number of halogens is 1. The fourth-order valence-corrected chi connectivity index (χ4v) is 4.06. The van der Waals surface area contributed by atoms with Crippen molar-refractivity contribution in [3.05, 3.63) is 58.1 Å². The quantitative estimate of drug-likeness (QED) is 0.284. The van der Waals surface area contributed by atoms with E-state index in [0.29, 0.717) is 16.8 Å². The Balaban J connectivity index is 2.56. The standard InChI is InChI=1S/C26H31ClN4O5S/c1-15-8-7-11-18(27)20(15)30-23(33)21(17-10-6-9-16(2)22(17)32)31(13-12-28)24(34)19(14-37)29-25(35)36-26(3,4)5/h6-11,19,21,32,37H,13-14H2,1-5H3,(H,29,35)(H,30,33). The van der Waals surface area contributed by atoms with Gasteiger partial charge in [0.1, 0.15) is 30.0 Å². The number of amides is 3. The van der Waals surface area contributed by atoms with Crippen LogP contribution in [0.2, 0.25) is 5.02 Å². The summed E-state index contributed by atoms with van der Waals surface area (Å²) < 4.78 is 5.24. The van der Waals surface area contributed by atoms with E-state index in [1.165, 1.54) is 6.07 Å². The van der Waals surface area contributed by atoms with Gasteiger partial charge in [-0.2, -0.15) is 17.9 Å². The molecule has 0 spiro atoms. The Labute approximate surface area is 227 Å². The summed E-state index contributed by atoms with van der Waals surface area (Å²) in [5.74, 6) is -1.83. The molecule has 2 aromatic rings. The van der Waals surface area contributed by atoms with Crippen molar-refractivity contribution in [1.82, 2.24) is 10.2 Å². The molecule has 0 aliphatic rings. The van der Waals surface area contributed by atoms with Gasteiger partial charge in [0.2, 0.25) is 5.91 Å². The van der Waals surface area contributed by atoms with Gasteiger partial charge in [0.15, 0.2) is 0 Å². The van der Waals surface area contributed by atoms with Crippen LogP contribution in [0.3, 0.4) is 0 Å². The first kappa shape index (κ1) is 29.8. The predicted octanol–water partition coefficient (Wildman–Crippen LogP) is 4.52. The Bertz CT molecular complexity index is 1190. The van der Waals surface area contributed by atoms with Crippen LogP contribution in [-0.2, 0) is 14.3 Å². The SMILES string of the molecule is Cc1cccc(C(C(=O)Nc2c(C)cccc2Cl)N(CC#N)C(=O)C(CS)NC(=O)OC(C)(C)C)c1O. The Morgan fingerprint density at radius 2 is 1.78 bits per heavy atom. The zero-order valence-corrected chi connectivity index (χ0v) is 23.0. The number of thiol groups is 1. The predicted molar refractivity (Wildman–Crippen MR) is 145 cm³/mol. The van der Waals surface area contributed by atoms with Gasteiger partial charge in [0.25, 0.3) is 5.91 Å². The number of aryl methyl sites for hydroxylation is 2. The third kappa shape index (κ3) is 7.78. The van der Waals surface area contributed by atoms with Gasteiger partial charge in [-0.1, -0.05) is 41.9 Å². The lowest BCUT2D eigenvalue weighted by atomic mass is 9.99. The second-order valence-electron chi connectivity index (χ2n) is 9.34. The van der Waals surface area contributed by atoms with E-state index in [1.54, 1.807) is 65.0 Å². The van der Waals surface area contributed by atoms with Crippen molar-refractivity contribution in [1.29, 1.82) is 5.26 Å². The van der Waals surface area contributed by atoms with Crippen molar-refractivity contribution >= 4 is 47.8 Å². The summed E-state index contributed by atoms with van der Waals surface area (Å²) in [7, 11) is 0. The first-order valence-electron chi connectivity index (χ1n) is 11.4. The Morgan fingerprint density at radius 1 is 1.16 bits per heavy atom. The molecule has 2 unspecified atom stereocenters. The average Bonchev–Trinajstić information content (AvgIpc) is 2.80. The van der Waals surface area contributed by atoms with E-state index in [0.717, 1.165) is 4.90 Å². The first-order valence-corrected chi connectivity index (χ1v) is 12.4. The van der Waals surface area contributed by atoms with E-state index in [1.807, 2.05) is 6.07 Å². The number of phenols is 1. The fraction of sp³-hybridized carbons (Fsp3) is 0.385. The highest BCUT2D eigenvalue weighted by Gasteiger charge is 2.37. The molecule has 0 aliphatic carbocycles. The number of hydrogen-bond donors (Lipinski definition) is 4. The van der Waals surface area contributed by atoms with Gasteiger partial charge < -0.3 is 25.4 Å². The number of ether oxygens (including phenoxy) is 1. The topological polar surface area (TPSA) is 132 Å². The van der Waals surface area contributed by atoms with Crippen LogP contribution in [0.25, 0.3) is 0 Å². The van der Waals surface area contributed by atoms with E-state index in [9.17, 15) is 24.8 Å². The maximum absolute atomic E-state index is 13.7. The summed E-state index contributed by atoms with van der Waals surface area (Å²) in [5.41, 5.74) is 0.745. The molecule has 3 amide bonds. The molecule has 198 valence electrons. The van der Waals surface area contributed by atoms with E-state index >= 15 is 0 Å². The van der Waals surface area contributed by atoms with Crippen molar-refractivity contribution in [3.8, 4) is 11.8 Å². The zero-order chi connectivity index (χ0) is 27.9. The van der Waals surface area contributed by atoms with Crippen LogP contribution in [0.1, 0.15) is 43.5 Å². The third-order valence-corrected chi connectivity index (χ3v) is 5.97. The van der Waals surface area contributed by atoms with Crippen LogP contribution in [0.4, 0.5) is 10.5 Å². The zero-order valence-electron chi connectivity index (χ0n) is 21.3. The number of nitrogens with zero attached hydrogens (tertiary/aromatic N) is 2. The normalized spacial score (nSPS) is 12.6. The summed E-state index contributed by atoms with van der Waals surface area (Å²) >= 11 is 10.5. The van der Waals surface area contributed by atoms with Crippen LogP contribution >= 0.6 is 24.2 Å². The highest BCUT2D eigenvalue weighted by Crippen LogP contribution is 2.34. The molecule has 3 N–H and O–H groups in total. The number of carbonyl (C=O) groups is 3. The number of benzene rings is 2. The smallest absolute Gasteiger partial charge is 0.408 e. The van der Waals surface area contributed by atoms with Gasteiger partial charge >= 0.3 is 6.09 Å². The minimum Gasteiger partial charge on any atom is -0.507 e. The van der Waals surface area contributed by atoms with Gasteiger partial charge in [0.05, 0.1) is 16.8 Å². The van der Waals surface area contributed by atoms with Crippen molar-refractivity contribution in [2.24, 2.45) is 0 Å². The van der Waals surface area contributed by atoms with Gasteiger partial charge in [-0.15, -0.1) is 0 Å². The number of alkyl carbamates (subject to hydrolysis) is 1. The highest BCUT2D eigenvalue weighted by atomic mass is 35.5. The number of rotatable bonds is 8. The molecule has 0 radical (unpaired) electrons. The van der Waals surface area contributed by atoms with Crippen LogP contribution in [-0.4, -0.2) is 51.9 Å². The van der Waals surface area contributed by atoms with Gasteiger partial charge in [-0.3, -0.25) is 9.59 Å². The second-order valence-corrected chi connectivity index (χ2v) is 10.1. The molecular weight excluding hydrogens is 516 g/mol. The lowest BCUT2D eigenvalue weighted by Crippen LogP contribution is -2.53. The molecule has 0 aliphatic heterocycles. The Hall–Kier alpha value is -3.42. The second kappa shape index (κ2) is 12.7. The number of anilines is 1. The summed E-state index contributed by atoms with van der Waals surface area (Å²) in [6.45, 7) is 7.88. The molecule has 0 saturated heterocycles. The minimum absolute atomic E-state index is 0.0981. The van der Waals surface area contributed by atoms with Crippen molar-refractivity contribution < 1.29 is 24.2 Å². The van der Waals surface area contributed by atoms with Crippen LogP contribution in [0.5, 0.6) is 5.75 Å². The average molecular weight is 547 g/mol. The molecule has 2 aromatic carbocycles. The molecule has 2 atom stereocenters. The molecule has 37 heavy (non-hydrogen) atoms. The maximum Gasteiger partial charge on any atom is 0.408 e. The van der Waals surface area contributed by atoms with Crippen molar-refractivity contribution in [2.45, 2.75) is 52.3 Å². The summed E-state index contributed by atoms with van der Waals surface area (Å²) in [6.07, 6.45) is -0.858. The number of phenolic OH excluding ortho intramolecular Hbond substituents is 1. The monoisotopic (exact) mass is 546 g/mol. The largest absolute Gasteiger partial charge is 0.507 e. The molecule has 2 rings (SSSR count). The molecule has 11 heteroatoms. The van der Waals surface area contributed by atoms with Crippen molar-refractivity contribution in [3.63, 3.8) is 0 Å². The fourth-order valence-electron chi connectivity index (χ4n) is 3.54. The minimum atomic E-state index is -1.44. The van der Waals surface area contributed by atoms with Gasteiger partial charge in [0, 0.05) is 11.3 Å². The molecule has 9 nitrogen and oxygen atoms in total. The first-order chi connectivity index (χ1) is 17.3. The summed E-state index contributed by atoms with van der Waals surface area (Å²) in [5, 5.41) is 25.8. The maximum atomic E-state index is 13.7. The Kier molecular flexibility index (Phi) is 10.2.